The Bertz CT molecular complexity index is 720. The number of benzene rings is 2. The molecule has 4 nitrogen and oxygen atoms in total. The fourth-order valence-electron chi connectivity index (χ4n) is 1.74. The van der Waals surface area contributed by atoms with Gasteiger partial charge in [0, 0.05) is 22.5 Å². The van der Waals surface area contributed by atoms with Gasteiger partial charge in [0.25, 0.3) is 5.91 Å². The Morgan fingerprint density at radius 3 is 2.55 bits per heavy atom. The van der Waals surface area contributed by atoms with E-state index in [4.69, 9.17) is 5.26 Å². The SMILES string of the molecule is CSc1cccc(N/C=C(\C#N)C(=O)Nc2ccccc2)c1. The summed E-state index contributed by atoms with van der Waals surface area (Å²) in [7, 11) is 0. The van der Waals surface area contributed by atoms with E-state index in [2.05, 4.69) is 10.6 Å². The lowest BCUT2D eigenvalue weighted by Gasteiger charge is -2.05. The van der Waals surface area contributed by atoms with Crippen LogP contribution >= 0.6 is 11.8 Å². The Balaban J connectivity index is 2.07. The highest BCUT2D eigenvalue weighted by atomic mass is 32.2. The number of para-hydroxylation sites is 1. The monoisotopic (exact) mass is 309 g/mol. The molecular weight excluding hydrogens is 294 g/mol. The number of nitrogens with one attached hydrogen (secondary N) is 2. The number of anilines is 2. The summed E-state index contributed by atoms with van der Waals surface area (Å²) in [5.41, 5.74) is 1.49. The summed E-state index contributed by atoms with van der Waals surface area (Å²) in [5, 5.41) is 14.8. The van der Waals surface area contributed by atoms with E-state index in [1.165, 1.54) is 6.20 Å². The molecule has 110 valence electrons. The molecule has 22 heavy (non-hydrogen) atoms. The molecule has 1 amide bonds. The Morgan fingerprint density at radius 1 is 1.14 bits per heavy atom. The third-order valence-electron chi connectivity index (χ3n) is 2.85. The molecule has 2 aromatic rings. The fourth-order valence-corrected chi connectivity index (χ4v) is 2.20. The lowest BCUT2D eigenvalue weighted by molar-refractivity contribution is -0.112. The van der Waals surface area contributed by atoms with Gasteiger partial charge in [0.15, 0.2) is 0 Å². The molecule has 2 aromatic carbocycles. The lowest BCUT2D eigenvalue weighted by Crippen LogP contribution is -2.14. The molecule has 0 fully saturated rings. The predicted molar refractivity (Wildman–Crippen MR) is 90.6 cm³/mol. The third-order valence-corrected chi connectivity index (χ3v) is 3.57. The second kappa shape index (κ2) is 7.91. The van der Waals surface area contributed by atoms with Crippen molar-refractivity contribution in [2.24, 2.45) is 0 Å². The van der Waals surface area contributed by atoms with Gasteiger partial charge >= 0.3 is 0 Å². The molecule has 0 radical (unpaired) electrons. The first-order valence-electron chi connectivity index (χ1n) is 6.60. The Hall–Kier alpha value is -2.71. The molecule has 0 spiro atoms. The van der Waals surface area contributed by atoms with Crippen molar-refractivity contribution in [2.75, 3.05) is 16.9 Å². The zero-order valence-electron chi connectivity index (χ0n) is 12.0. The van der Waals surface area contributed by atoms with Gasteiger partial charge in [0.1, 0.15) is 11.6 Å². The van der Waals surface area contributed by atoms with Crippen molar-refractivity contribution in [3.63, 3.8) is 0 Å². The number of hydrogen-bond donors (Lipinski definition) is 2. The van der Waals surface area contributed by atoms with Gasteiger partial charge in [-0.3, -0.25) is 4.79 Å². The van der Waals surface area contributed by atoms with Crippen LogP contribution < -0.4 is 10.6 Å². The smallest absolute Gasteiger partial charge is 0.267 e. The molecule has 0 aromatic heterocycles. The molecule has 0 atom stereocenters. The van der Waals surface area contributed by atoms with Crippen molar-refractivity contribution in [3.05, 3.63) is 66.4 Å². The first-order valence-corrected chi connectivity index (χ1v) is 7.82. The third kappa shape index (κ3) is 4.40. The second-order valence-corrected chi connectivity index (χ2v) is 5.25. The van der Waals surface area contributed by atoms with Crippen LogP contribution in [0.1, 0.15) is 0 Å². The van der Waals surface area contributed by atoms with Gasteiger partial charge in [-0.05, 0) is 36.6 Å². The maximum absolute atomic E-state index is 12.0. The number of nitriles is 1. The predicted octanol–water partition coefficient (Wildman–Crippen LogP) is 3.87. The lowest BCUT2D eigenvalue weighted by atomic mass is 10.2. The minimum atomic E-state index is -0.442. The van der Waals surface area contributed by atoms with Gasteiger partial charge < -0.3 is 10.6 Å². The van der Waals surface area contributed by atoms with Crippen molar-refractivity contribution in [2.45, 2.75) is 4.90 Å². The Labute approximate surface area is 133 Å². The largest absolute Gasteiger partial charge is 0.360 e. The van der Waals surface area contributed by atoms with Crippen molar-refractivity contribution in [1.29, 1.82) is 5.26 Å². The molecule has 0 aliphatic rings. The second-order valence-electron chi connectivity index (χ2n) is 4.37. The summed E-state index contributed by atoms with van der Waals surface area (Å²) in [5.74, 6) is -0.442. The van der Waals surface area contributed by atoms with Gasteiger partial charge in [0.05, 0.1) is 0 Å². The highest BCUT2D eigenvalue weighted by Gasteiger charge is 2.08. The molecule has 0 saturated heterocycles. The minimum absolute atomic E-state index is 0.0124. The number of carbonyl (C=O) groups is 1. The molecule has 0 aliphatic carbocycles. The first kappa shape index (κ1) is 15.7. The van der Waals surface area contributed by atoms with Crippen LogP contribution in [0.5, 0.6) is 0 Å². The summed E-state index contributed by atoms with van der Waals surface area (Å²) in [4.78, 5) is 13.1. The summed E-state index contributed by atoms with van der Waals surface area (Å²) in [6, 6.07) is 18.7. The van der Waals surface area contributed by atoms with E-state index in [9.17, 15) is 4.79 Å². The van der Waals surface area contributed by atoms with Crippen LogP contribution in [0.2, 0.25) is 0 Å². The van der Waals surface area contributed by atoms with Crippen LogP contribution in [0.15, 0.2) is 71.3 Å². The first-order chi connectivity index (χ1) is 10.7. The minimum Gasteiger partial charge on any atom is -0.360 e. The Morgan fingerprint density at radius 2 is 1.86 bits per heavy atom. The van der Waals surface area contributed by atoms with Gasteiger partial charge in [-0.25, -0.2) is 0 Å². The molecule has 0 bridgehead atoms. The summed E-state index contributed by atoms with van der Waals surface area (Å²) in [6.07, 6.45) is 3.40. The fraction of sp³-hybridized carbons (Fsp3) is 0.0588. The van der Waals surface area contributed by atoms with Crippen LogP contribution in [0.25, 0.3) is 0 Å². The van der Waals surface area contributed by atoms with Crippen LogP contribution in [0, 0.1) is 11.3 Å². The van der Waals surface area contributed by atoms with Gasteiger partial charge in [-0.1, -0.05) is 24.3 Å². The van der Waals surface area contributed by atoms with Crippen molar-refractivity contribution in [3.8, 4) is 6.07 Å². The van der Waals surface area contributed by atoms with Gasteiger partial charge in [-0.2, -0.15) is 5.26 Å². The van der Waals surface area contributed by atoms with E-state index in [0.29, 0.717) is 5.69 Å². The molecule has 0 unspecified atom stereocenters. The molecule has 0 aliphatic heterocycles. The zero-order valence-corrected chi connectivity index (χ0v) is 12.9. The Kier molecular flexibility index (Phi) is 5.64. The maximum atomic E-state index is 12.0. The van der Waals surface area contributed by atoms with Crippen LogP contribution in [-0.4, -0.2) is 12.2 Å². The highest BCUT2D eigenvalue weighted by Crippen LogP contribution is 2.19. The summed E-state index contributed by atoms with van der Waals surface area (Å²) < 4.78 is 0. The van der Waals surface area contributed by atoms with Crippen molar-refractivity contribution in [1.82, 2.24) is 0 Å². The topological polar surface area (TPSA) is 64.9 Å². The number of carbonyl (C=O) groups excluding carboxylic acids is 1. The maximum Gasteiger partial charge on any atom is 0.267 e. The average molecular weight is 309 g/mol. The molecule has 5 heteroatoms. The number of rotatable bonds is 5. The standard InChI is InChI=1S/C17H15N3OS/c1-22-16-9-5-8-15(10-16)19-12-13(11-18)17(21)20-14-6-3-2-4-7-14/h2-10,12,19H,1H3,(H,20,21)/b13-12+. The highest BCUT2D eigenvalue weighted by molar-refractivity contribution is 7.98. The van der Waals surface area contributed by atoms with Crippen molar-refractivity contribution < 1.29 is 4.79 Å². The van der Waals surface area contributed by atoms with Crippen LogP contribution in [-0.2, 0) is 4.79 Å². The van der Waals surface area contributed by atoms with Crippen LogP contribution in [0.3, 0.4) is 0 Å². The van der Waals surface area contributed by atoms with Crippen LogP contribution in [0.4, 0.5) is 11.4 Å². The summed E-state index contributed by atoms with van der Waals surface area (Å²) in [6.45, 7) is 0. The molecule has 2 N–H and O–H groups in total. The van der Waals surface area contributed by atoms with E-state index in [0.717, 1.165) is 10.6 Å². The molecule has 2 rings (SSSR count). The molecular formula is C17H15N3OS. The molecule has 0 heterocycles. The normalized spacial score (nSPS) is 10.6. The quantitative estimate of drug-likeness (QED) is 0.500. The van der Waals surface area contributed by atoms with E-state index in [1.54, 1.807) is 23.9 Å². The van der Waals surface area contributed by atoms with Crippen molar-refractivity contribution >= 4 is 29.0 Å². The zero-order chi connectivity index (χ0) is 15.8. The van der Waals surface area contributed by atoms with E-state index >= 15 is 0 Å². The van der Waals surface area contributed by atoms with Gasteiger partial charge in [0.2, 0.25) is 0 Å². The average Bonchev–Trinajstić information content (AvgIpc) is 2.56. The van der Waals surface area contributed by atoms with E-state index in [1.807, 2.05) is 54.8 Å². The van der Waals surface area contributed by atoms with E-state index in [-0.39, 0.29) is 5.57 Å². The number of amides is 1. The van der Waals surface area contributed by atoms with E-state index < -0.39 is 5.91 Å². The summed E-state index contributed by atoms with van der Waals surface area (Å²) >= 11 is 1.63. The number of nitrogens with zero attached hydrogens (tertiary/aromatic N) is 1. The van der Waals surface area contributed by atoms with Gasteiger partial charge in [-0.15, -0.1) is 11.8 Å². The number of thioether (sulfide) groups is 1. The number of hydrogen-bond acceptors (Lipinski definition) is 4. The molecule has 0 saturated carbocycles.